The van der Waals surface area contributed by atoms with E-state index >= 15 is 0 Å². The molecule has 2 aromatic rings. The summed E-state index contributed by atoms with van der Waals surface area (Å²) in [5.74, 6) is 0.923. The predicted octanol–water partition coefficient (Wildman–Crippen LogP) is 5.43. The minimum atomic E-state index is -3.95. The lowest BCUT2D eigenvalue weighted by Crippen LogP contribution is -2.55. The van der Waals surface area contributed by atoms with Crippen LogP contribution in [0.3, 0.4) is 0 Å². The van der Waals surface area contributed by atoms with E-state index in [1.165, 1.54) is 8.61 Å². The second kappa shape index (κ2) is 12.2. The summed E-state index contributed by atoms with van der Waals surface area (Å²) in [5.41, 5.74) is 3.82. The minimum absolute atomic E-state index is 0.0326. The summed E-state index contributed by atoms with van der Waals surface area (Å²) >= 11 is 0. The smallest absolute Gasteiger partial charge is 0.247 e. The number of rotatable bonds is 10. The van der Waals surface area contributed by atoms with E-state index in [1.54, 1.807) is 31.2 Å². The number of sulfonamides is 2. The van der Waals surface area contributed by atoms with Crippen molar-refractivity contribution in [1.29, 1.82) is 0 Å². The summed E-state index contributed by atoms with van der Waals surface area (Å²) in [5, 5.41) is 0. The van der Waals surface area contributed by atoms with Crippen LogP contribution in [0.5, 0.6) is 11.5 Å². The van der Waals surface area contributed by atoms with Crippen molar-refractivity contribution in [2.75, 3.05) is 32.8 Å². The number of benzene rings is 2. The third-order valence-electron chi connectivity index (χ3n) is 7.24. The number of ether oxygens (including phenoxy) is 2. The summed E-state index contributed by atoms with van der Waals surface area (Å²) in [6, 6.07) is 6.42. The number of hydrogen-bond acceptors (Lipinski definition) is 6. The van der Waals surface area contributed by atoms with Gasteiger partial charge in [-0.2, -0.15) is 8.61 Å². The van der Waals surface area contributed by atoms with Crippen molar-refractivity contribution in [3.63, 3.8) is 0 Å². The lowest BCUT2D eigenvalue weighted by atomic mass is 9.98. The van der Waals surface area contributed by atoms with E-state index in [2.05, 4.69) is 0 Å². The Hall–Kier alpha value is -2.14. The predicted molar refractivity (Wildman–Crippen MR) is 155 cm³/mol. The molecule has 0 N–H and O–H groups in total. The molecule has 0 amide bonds. The second-order valence-electron chi connectivity index (χ2n) is 10.8. The Morgan fingerprint density at radius 1 is 0.769 bits per heavy atom. The maximum atomic E-state index is 14.0. The van der Waals surface area contributed by atoms with Crippen LogP contribution in [0, 0.1) is 13.8 Å². The molecule has 0 unspecified atom stereocenters. The SMILES string of the molecule is CCOc1cc(C)c(C(C)C)cc1S(=O)(=O)N1CCN(S(=O)(=O)c2cc(C(C)C)c(C)cc2OCC)[C@@H](C)C1. The van der Waals surface area contributed by atoms with Crippen LogP contribution in [0.2, 0.25) is 0 Å². The number of aryl methyl sites for hydroxylation is 2. The molecule has 1 heterocycles. The van der Waals surface area contributed by atoms with Gasteiger partial charge < -0.3 is 9.47 Å². The van der Waals surface area contributed by atoms with Gasteiger partial charge in [0.15, 0.2) is 0 Å². The average Bonchev–Trinajstić information content (AvgIpc) is 2.83. The first kappa shape index (κ1) is 31.4. The molecule has 1 fully saturated rings. The van der Waals surface area contributed by atoms with Gasteiger partial charge in [0.05, 0.1) is 13.2 Å². The van der Waals surface area contributed by atoms with E-state index in [4.69, 9.17) is 9.47 Å². The highest BCUT2D eigenvalue weighted by molar-refractivity contribution is 7.89. The lowest BCUT2D eigenvalue weighted by molar-refractivity contribution is 0.211. The normalized spacial score (nSPS) is 17.7. The monoisotopic (exact) mass is 580 g/mol. The minimum Gasteiger partial charge on any atom is -0.492 e. The zero-order valence-electron chi connectivity index (χ0n) is 24.7. The third-order valence-corrected chi connectivity index (χ3v) is 11.2. The molecule has 2 aromatic carbocycles. The molecule has 39 heavy (non-hydrogen) atoms. The molecule has 1 saturated heterocycles. The Morgan fingerprint density at radius 3 is 1.59 bits per heavy atom. The average molecular weight is 581 g/mol. The van der Waals surface area contributed by atoms with E-state index in [0.29, 0.717) is 24.7 Å². The summed E-state index contributed by atoms with van der Waals surface area (Å²) in [6.45, 7) is 18.2. The summed E-state index contributed by atoms with van der Waals surface area (Å²) in [7, 11) is -7.88. The van der Waals surface area contributed by atoms with E-state index in [0.717, 1.165) is 22.3 Å². The molecule has 218 valence electrons. The van der Waals surface area contributed by atoms with Gasteiger partial charge in [-0.25, -0.2) is 16.8 Å². The van der Waals surface area contributed by atoms with E-state index in [1.807, 2.05) is 55.4 Å². The molecule has 8 nitrogen and oxygen atoms in total. The Kier molecular flexibility index (Phi) is 9.79. The van der Waals surface area contributed by atoms with E-state index < -0.39 is 26.1 Å². The lowest BCUT2D eigenvalue weighted by Gasteiger charge is -2.38. The van der Waals surface area contributed by atoms with Crippen LogP contribution in [-0.4, -0.2) is 64.3 Å². The van der Waals surface area contributed by atoms with Gasteiger partial charge in [-0.05, 0) is 93.0 Å². The van der Waals surface area contributed by atoms with Crippen LogP contribution < -0.4 is 9.47 Å². The zero-order valence-corrected chi connectivity index (χ0v) is 26.4. The van der Waals surface area contributed by atoms with Crippen molar-refractivity contribution in [1.82, 2.24) is 8.61 Å². The zero-order chi connectivity index (χ0) is 29.3. The first-order valence-corrected chi connectivity index (χ1v) is 16.6. The van der Waals surface area contributed by atoms with E-state index in [-0.39, 0.29) is 41.3 Å². The molecule has 0 bridgehead atoms. The Balaban J connectivity index is 1.98. The van der Waals surface area contributed by atoms with Crippen molar-refractivity contribution in [2.45, 2.75) is 90.0 Å². The molecular weight excluding hydrogens is 536 g/mol. The van der Waals surface area contributed by atoms with Gasteiger partial charge in [-0.3, -0.25) is 0 Å². The van der Waals surface area contributed by atoms with Gasteiger partial charge in [0.1, 0.15) is 21.3 Å². The topological polar surface area (TPSA) is 93.2 Å². The van der Waals surface area contributed by atoms with E-state index in [9.17, 15) is 16.8 Å². The number of nitrogens with zero attached hydrogens (tertiary/aromatic N) is 2. The highest BCUT2D eigenvalue weighted by atomic mass is 32.2. The van der Waals surface area contributed by atoms with Gasteiger partial charge >= 0.3 is 0 Å². The maximum absolute atomic E-state index is 14.0. The Labute approximate surface area is 235 Å². The first-order valence-electron chi connectivity index (χ1n) is 13.7. The Morgan fingerprint density at radius 2 is 1.21 bits per heavy atom. The highest BCUT2D eigenvalue weighted by Gasteiger charge is 2.40. The summed E-state index contributed by atoms with van der Waals surface area (Å²) in [4.78, 5) is 0.251. The molecule has 1 aliphatic heterocycles. The van der Waals surface area contributed by atoms with Crippen molar-refractivity contribution >= 4 is 20.0 Å². The van der Waals surface area contributed by atoms with Gasteiger partial charge in [-0.1, -0.05) is 27.7 Å². The van der Waals surface area contributed by atoms with Crippen molar-refractivity contribution in [3.05, 3.63) is 46.5 Å². The molecule has 0 aromatic heterocycles. The van der Waals surface area contributed by atoms with Crippen LogP contribution in [0.4, 0.5) is 0 Å². The molecule has 3 rings (SSSR count). The fourth-order valence-corrected chi connectivity index (χ4v) is 8.71. The summed E-state index contributed by atoms with van der Waals surface area (Å²) in [6.07, 6.45) is 0. The Bertz CT molecular complexity index is 1400. The molecule has 1 aliphatic rings. The van der Waals surface area contributed by atoms with Crippen LogP contribution in [0.15, 0.2) is 34.1 Å². The molecule has 10 heteroatoms. The fourth-order valence-electron chi connectivity index (χ4n) is 5.29. The third kappa shape index (κ3) is 6.29. The van der Waals surface area contributed by atoms with Crippen LogP contribution in [0.1, 0.15) is 82.6 Å². The van der Waals surface area contributed by atoms with Crippen LogP contribution in [-0.2, 0) is 20.0 Å². The van der Waals surface area contributed by atoms with Gasteiger partial charge in [0, 0.05) is 25.7 Å². The van der Waals surface area contributed by atoms with Crippen LogP contribution >= 0.6 is 0 Å². The van der Waals surface area contributed by atoms with Crippen molar-refractivity contribution < 1.29 is 26.3 Å². The molecule has 1 atom stereocenters. The molecule has 0 spiro atoms. The van der Waals surface area contributed by atoms with Crippen LogP contribution in [0.25, 0.3) is 0 Å². The van der Waals surface area contributed by atoms with Crippen molar-refractivity contribution in [3.8, 4) is 11.5 Å². The van der Waals surface area contributed by atoms with Crippen molar-refractivity contribution in [2.24, 2.45) is 0 Å². The second-order valence-corrected chi connectivity index (χ2v) is 14.6. The highest BCUT2D eigenvalue weighted by Crippen LogP contribution is 2.37. The quantitative estimate of drug-likeness (QED) is 0.372. The van der Waals surface area contributed by atoms with Gasteiger partial charge in [0.2, 0.25) is 20.0 Å². The van der Waals surface area contributed by atoms with Gasteiger partial charge in [0.25, 0.3) is 0 Å². The molecular formula is C29H44N2O6S2. The number of hydrogen-bond donors (Lipinski definition) is 0. The first-order chi connectivity index (χ1) is 18.2. The van der Waals surface area contributed by atoms with Gasteiger partial charge in [-0.15, -0.1) is 0 Å². The maximum Gasteiger partial charge on any atom is 0.247 e. The summed E-state index contributed by atoms with van der Waals surface area (Å²) < 4.78 is 70.0. The fraction of sp³-hybridized carbons (Fsp3) is 0.586. The molecule has 0 aliphatic carbocycles. The largest absolute Gasteiger partial charge is 0.492 e. The standard InChI is InChI=1S/C29H44N2O6S2/c1-10-36-26-14-21(7)24(19(3)4)16-28(26)38(32,33)30-12-13-31(23(9)18-30)39(34,35)29-17-25(20(5)6)22(8)15-27(29)37-11-2/h14-17,19-20,23H,10-13,18H2,1-9H3/t23-/m0/s1. The number of piperazine rings is 1. The molecule has 0 radical (unpaired) electrons. The molecule has 0 saturated carbocycles.